The van der Waals surface area contributed by atoms with Crippen LogP contribution < -0.4 is 4.72 Å². The van der Waals surface area contributed by atoms with E-state index in [1.165, 1.54) is 0 Å². The first-order valence-electron chi connectivity index (χ1n) is 6.11. The van der Waals surface area contributed by atoms with Gasteiger partial charge in [0.15, 0.2) is 0 Å². The first-order valence-corrected chi connectivity index (χ1v) is 8.30. The predicted molar refractivity (Wildman–Crippen MR) is 69.8 cm³/mol. The van der Waals surface area contributed by atoms with Crippen molar-refractivity contribution in [2.24, 2.45) is 11.8 Å². The molecule has 6 heteroatoms. The van der Waals surface area contributed by atoms with Gasteiger partial charge < -0.3 is 4.74 Å². The minimum Gasteiger partial charge on any atom is -0.385 e. The maximum Gasteiger partial charge on any atom is 0.211 e. The van der Waals surface area contributed by atoms with Crippen LogP contribution in [0, 0.1) is 11.8 Å². The van der Waals surface area contributed by atoms with Crippen LogP contribution in [-0.2, 0) is 14.8 Å². The highest BCUT2D eigenvalue weighted by Crippen LogP contribution is 2.32. The van der Waals surface area contributed by atoms with Crippen molar-refractivity contribution in [3.63, 3.8) is 0 Å². The molecule has 2 atom stereocenters. The molecule has 17 heavy (non-hydrogen) atoms. The molecule has 1 aliphatic carbocycles. The van der Waals surface area contributed by atoms with Gasteiger partial charge in [0, 0.05) is 26.1 Å². The summed E-state index contributed by atoms with van der Waals surface area (Å²) in [7, 11) is -1.57. The first kappa shape index (κ1) is 15.2. The van der Waals surface area contributed by atoms with Gasteiger partial charge in [-0.3, -0.25) is 0 Å². The summed E-state index contributed by atoms with van der Waals surface area (Å²) < 4.78 is 30.8. The maximum absolute atomic E-state index is 11.7. The number of nitrogens with one attached hydrogen (secondary N) is 1. The minimum absolute atomic E-state index is 0.138. The van der Waals surface area contributed by atoms with E-state index in [-0.39, 0.29) is 5.75 Å². The van der Waals surface area contributed by atoms with E-state index in [4.69, 9.17) is 16.3 Å². The molecule has 2 unspecified atom stereocenters. The Bertz CT molecular complexity index is 308. The summed E-state index contributed by atoms with van der Waals surface area (Å²) in [6.07, 6.45) is 3.90. The molecule has 0 saturated heterocycles. The van der Waals surface area contributed by atoms with E-state index in [2.05, 4.69) is 4.72 Å². The SMILES string of the molecule is COCCCS(=O)(=O)NCC1CCCC1CCl. The van der Waals surface area contributed by atoms with Crippen LogP contribution >= 0.6 is 11.6 Å². The third-order valence-electron chi connectivity index (χ3n) is 3.34. The Hall–Kier alpha value is 0.160. The highest BCUT2D eigenvalue weighted by molar-refractivity contribution is 7.89. The van der Waals surface area contributed by atoms with Gasteiger partial charge in [0.25, 0.3) is 0 Å². The second-order valence-electron chi connectivity index (χ2n) is 4.62. The van der Waals surface area contributed by atoms with Crippen LogP contribution in [0.1, 0.15) is 25.7 Å². The van der Waals surface area contributed by atoms with E-state index < -0.39 is 10.0 Å². The molecule has 0 heterocycles. The summed E-state index contributed by atoms with van der Waals surface area (Å²) in [5.74, 6) is 1.65. The predicted octanol–water partition coefficient (Wildman–Crippen LogP) is 1.60. The highest BCUT2D eigenvalue weighted by atomic mass is 35.5. The Morgan fingerprint density at radius 1 is 1.35 bits per heavy atom. The third kappa shape index (κ3) is 5.55. The largest absolute Gasteiger partial charge is 0.385 e. The zero-order chi connectivity index (χ0) is 12.7. The molecule has 1 N–H and O–H groups in total. The number of ether oxygens (including phenoxy) is 1. The fourth-order valence-electron chi connectivity index (χ4n) is 2.28. The van der Waals surface area contributed by atoms with Crippen molar-refractivity contribution in [2.45, 2.75) is 25.7 Å². The van der Waals surface area contributed by atoms with Crippen LogP contribution in [0.2, 0.25) is 0 Å². The molecule has 102 valence electrons. The fourth-order valence-corrected chi connectivity index (χ4v) is 3.80. The van der Waals surface area contributed by atoms with Crippen LogP contribution in [-0.4, -0.2) is 40.3 Å². The summed E-state index contributed by atoms with van der Waals surface area (Å²) in [6, 6.07) is 0. The van der Waals surface area contributed by atoms with Crippen molar-refractivity contribution in [1.82, 2.24) is 4.72 Å². The second-order valence-corrected chi connectivity index (χ2v) is 6.85. The maximum atomic E-state index is 11.7. The van der Waals surface area contributed by atoms with Crippen molar-refractivity contribution >= 4 is 21.6 Å². The molecule has 1 saturated carbocycles. The van der Waals surface area contributed by atoms with Crippen LogP contribution in [0.4, 0.5) is 0 Å². The van der Waals surface area contributed by atoms with Gasteiger partial charge in [-0.2, -0.15) is 0 Å². The Morgan fingerprint density at radius 2 is 2.06 bits per heavy atom. The second kappa shape index (κ2) is 7.56. The Labute approximate surface area is 109 Å². The van der Waals surface area contributed by atoms with Crippen molar-refractivity contribution in [1.29, 1.82) is 0 Å². The Morgan fingerprint density at radius 3 is 2.71 bits per heavy atom. The number of methoxy groups -OCH3 is 1. The molecule has 1 aliphatic rings. The van der Waals surface area contributed by atoms with Crippen LogP contribution in [0.25, 0.3) is 0 Å². The number of hydrogen-bond donors (Lipinski definition) is 1. The van der Waals surface area contributed by atoms with Crippen molar-refractivity contribution in [3.8, 4) is 0 Å². The molecule has 0 spiro atoms. The fraction of sp³-hybridized carbons (Fsp3) is 1.00. The summed E-state index contributed by atoms with van der Waals surface area (Å²) in [5.41, 5.74) is 0. The molecular formula is C11H22ClNO3S. The summed E-state index contributed by atoms with van der Waals surface area (Å²) in [6.45, 7) is 1.02. The Kier molecular flexibility index (Phi) is 6.77. The van der Waals surface area contributed by atoms with Crippen LogP contribution in [0.15, 0.2) is 0 Å². The quantitative estimate of drug-likeness (QED) is 0.544. The van der Waals surface area contributed by atoms with Gasteiger partial charge in [0.1, 0.15) is 0 Å². The van der Waals surface area contributed by atoms with Crippen molar-refractivity contribution in [2.75, 3.05) is 31.9 Å². The lowest BCUT2D eigenvalue weighted by atomic mass is 9.98. The highest BCUT2D eigenvalue weighted by Gasteiger charge is 2.27. The van der Waals surface area contributed by atoms with Gasteiger partial charge in [-0.05, 0) is 31.1 Å². The average molecular weight is 284 g/mol. The normalized spacial score (nSPS) is 25.3. The number of rotatable bonds is 8. The van der Waals surface area contributed by atoms with Gasteiger partial charge in [0.05, 0.1) is 5.75 Å². The molecule has 1 fully saturated rings. The Balaban J connectivity index is 2.28. The molecule has 0 amide bonds. The van der Waals surface area contributed by atoms with E-state index in [0.29, 0.717) is 37.3 Å². The molecule has 0 aliphatic heterocycles. The lowest BCUT2D eigenvalue weighted by Gasteiger charge is -2.17. The smallest absolute Gasteiger partial charge is 0.211 e. The van der Waals surface area contributed by atoms with Gasteiger partial charge in [0.2, 0.25) is 10.0 Å². The topological polar surface area (TPSA) is 55.4 Å². The molecule has 0 radical (unpaired) electrons. The lowest BCUT2D eigenvalue weighted by Crippen LogP contribution is -2.33. The molecular weight excluding hydrogens is 262 g/mol. The van der Waals surface area contributed by atoms with Crippen LogP contribution in [0.5, 0.6) is 0 Å². The molecule has 0 aromatic heterocycles. The van der Waals surface area contributed by atoms with Gasteiger partial charge in [-0.1, -0.05) is 6.42 Å². The van der Waals surface area contributed by atoms with Crippen molar-refractivity contribution in [3.05, 3.63) is 0 Å². The van der Waals surface area contributed by atoms with Crippen molar-refractivity contribution < 1.29 is 13.2 Å². The summed E-state index contributed by atoms with van der Waals surface area (Å²) in [5, 5.41) is 0. The zero-order valence-electron chi connectivity index (χ0n) is 10.3. The standard InChI is InChI=1S/C11H22ClNO3S/c1-16-6-3-7-17(14,15)13-9-11-5-2-4-10(11)8-12/h10-11,13H,2-9H2,1H3. The molecule has 0 aromatic carbocycles. The molecule has 0 bridgehead atoms. The van der Waals surface area contributed by atoms with Gasteiger partial charge in [-0.25, -0.2) is 13.1 Å². The number of sulfonamides is 1. The van der Waals surface area contributed by atoms with E-state index in [0.717, 1.165) is 19.3 Å². The van der Waals surface area contributed by atoms with E-state index in [1.807, 2.05) is 0 Å². The summed E-state index contributed by atoms with van der Waals surface area (Å²) >= 11 is 5.86. The summed E-state index contributed by atoms with van der Waals surface area (Å²) in [4.78, 5) is 0. The number of hydrogen-bond acceptors (Lipinski definition) is 3. The zero-order valence-corrected chi connectivity index (χ0v) is 11.9. The number of alkyl halides is 1. The van der Waals surface area contributed by atoms with Gasteiger partial charge in [-0.15, -0.1) is 11.6 Å². The molecule has 4 nitrogen and oxygen atoms in total. The van der Waals surface area contributed by atoms with E-state index in [9.17, 15) is 8.42 Å². The van der Waals surface area contributed by atoms with Gasteiger partial charge >= 0.3 is 0 Å². The lowest BCUT2D eigenvalue weighted by molar-refractivity contribution is 0.199. The van der Waals surface area contributed by atoms with E-state index in [1.54, 1.807) is 7.11 Å². The monoisotopic (exact) mass is 283 g/mol. The van der Waals surface area contributed by atoms with Crippen LogP contribution in [0.3, 0.4) is 0 Å². The minimum atomic E-state index is -3.15. The molecule has 1 rings (SSSR count). The van der Waals surface area contributed by atoms with E-state index >= 15 is 0 Å². The third-order valence-corrected chi connectivity index (χ3v) is 5.17. The number of halogens is 1. The average Bonchev–Trinajstić information content (AvgIpc) is 2.74. The molecule has 0 aromatic rings. The first-order chi connectivity index (χ1) is 8.09.